The van der Waals surface area contributed by atoms with Gasteiger partial charge < -0.3 is 19.5 Å². The van der Waals surface area contributed by atoms with Crippen LogP contribution in [0, 0.1) is 0 Å². The fraction of sp³-hybridized carbons (Fsp3) is 0.312. The van der Waals surface area contributed by atoms with E-state index in [1.54, 1.807) is 11.4 Å². The van der Waals surface area contributed by atoms with Gasteiger partial charge in [0.2, 0.25) is 0 Å². The Hall–Kier alpha value is -3.24. The molecule has 0 heterocycles. The molecule has 2 N–H and O–H groups in total. The van der Waals surface area contributed by atoms with Crippen LogP contribution in [0.2, 0.25) is 0 Å². The molecule has 1 aromatic carbocycles. The van der Waals surface area contributed by atoms with Crippen LogP contribution in [0.25, 0.3) is 6.08 Å². The Bertz CT molecular complexity index is 719. The van der Waals surface area contributed by atoms with Crippen molar-refractivity contribution in [2.45, 2.75) is 6.18 Å². The number of alkyl halides is 3. The van der Waals surface area contributed by atoms with Crippen LogP contribution in [0.5, 0.6) is 11.5 Å². The highest BCUT2D eigenvalue weighted by atomic mass is 19.4. The molecule has 8 nitrogen and oxygen atoms in total. The molecule has 3 amide bonds. The number of ether oxygens (including phenoxy) is 3. The Labute approximate surface area is 152 Å². The minimum atomic E-state index is -4.59. The predicted octanol–water partition coefficient (Wildman–Crippen LogP) is 1.65. The SMILES string of the molecule is COC(=O)/C=C/c1ccc(OCC(=O)NC(=O)NCC(F)(F)F)c(OC)c1. The van der Waals surface area contributed by atoms with E-state index in [9.17, 15) is 27.6 Å². The first-order valence-corrected chi connectivity index (χ1v) is 7.36. The molecule has 0 atom stereocenters. The summed E-state index contributed by atoms with van der Waals surface area (Å²) in [6.45, 7) is -2.20. The molecule has 11 heteroatoms. The van der Waals surface area contributed by atoms with Gasteiger partial charge in [-0.3, -0.25) is 10.1 Å². The van der Waals surface area contributed by atoms with Crippen LogP contribution in [0.15, 0.2) is 24.3 Å². The molecule has 27 heavy (non-hydrogen) atoms. The van der Waals surface area contributed by atoms with E-state index in [0.717, 1.165) is 0 Å². The molecule has 0 aromatic heterocycles. The number of urea groups is 1. The van der Waals surface area contributed by atoms with Crippen LogP contribution in [0.1, 0.15) is 5.56 Å². The van der Waals surface area contributed by atoms with E-state index in [1.165, 1.54) is 43.8 Å². The van der Waals surface area contributed by atoms with Gasteiger partial charge in [0.05, 0.1) is 14.2 Å². The van der Waals surface area contributed by atoms with Crippen LogP contribution in [-0.2, 0) is 14.3 Å². The third-order valence-corrected chi connectivity index (χ3v) is 2.86. The van der Waals surface area contributed by atoms with Crippen molar-refractivity contribution >= 4 is 24.0 Å². The molecule has 148 valence electrons. The molecule has 0 aliphatic carbocycles. The Morgan fingerprint density at radius 2 is 1.85 bits per heavy atom. The van der Waals surface area contributed by atoms with Crippen LogP contribution < -0.4 is 20.1 Å². The summed E-state index contributed by atoms with van der Waals surface area (Å²) in [5.74, 6) is -1.11. The molecule has 0 bridgehead atoms. The highest BCUT2D eigenvalue weighted by Crippen LogP contribution is 2.28. The zero-order chi connectivity index (χ0) is 20.4. The summed E-state index contributed by atoms with van der Waals surface area (Å²) < 4.78 is 50.6. The summed E-state index contributed by atoms with van der Waals surface area (Å²) in [4.78, 5) is 33.8. The van der Waals surface area contributed by atoms with Crippen LogP contribution in [0.3, 0.4) is 0 Å². The average molecular weight is 390 g/mol. The Morgan fingerprint density at radius 1 is 1.15 bits per heavy atom. The number of benzene rings is 1. The van der Waals surface area contributed by atoms with Gasteiger partial charge in [0.1, 0.15) is 6.54 Å². The van der Waals surface area contributed by atoms with Gasteiger partial charge in [0.25, 0.3) is 5.91 Å². The second-order valence-corrected chi connectivity index (χ2v) is 4.90. The first kappa shape index (κ1) is 21.8. The van der Waals surface area contributed by atoms with Crippen molar-refractivity contribution in [3.05, 3.63) is 29.8 Å². The van der Waals surface area contributed by atoms with E-state index >= 15 is 0 Å². The van der Waals surface area contributed by atoms with Crippen molar-refractivity contribution in [3.8, 4) is 11.5 Å². The number of rotatable bonds is 7. The van der Waals surface area contributed by atoms with Crippen molar-refractivity contribution < 1.29 is 41.8 Å². The normalized spacial score (nSPS) is 11.0. The number of hydrogen-bond acceptors (Lipinski definition) is 6. The summed E-state index contributed by atoms with van der Waals surface area (Å²) in [5, 5.41) is 3.18. The van der Waals surface area contributed by atoms with Gasteiger partial charge in [-0.15, -0.1) is 0 Å². The summed E-state index contributed by atoms with van der Waals surface area (Å²) in [6.07, 6.45) is -1.92. The largest absolute Gasteiger partial charge is 0.493 e. The number of nitrogens with one attached hydrogen (secondary N) is 2. The van der Waals surface area contributed by atoms with Gasteiger partial charge in [-0.1, -0.05) is 6.07 Å². The van der Waals surface area contributed by atoms with Crippen molar-refractivity contribution in [2.24, 2.45) is 0 Å². The Balaban J connectivity index is 2.60. The summed E-state index contributed by atoms with van der Waals surface area (Å²) >= 11 is 0. The van der Waals surface area contributed by atoms with Gasteiger partial charge in [0.15, 0.2) is 18.1 Å². The van der Waals surface area contributed by atoms with Crippen molar-refractivity contribution in [1.29, 1.82) is 0 Å². The maximum absolute atomic E-state index is 12.0. The van der Waals surface area contributed by atoms with Crippen molar-refractivity contribution in [1.82, 2.24) is 10.6 Å². The first-order valence-electron chi connectivity index (χ1n) is 7.36. The number of halogens is 3. The lowest BCUT2D eigenvalue weighted by Crippen LogP contribution is -2.44. The van der Waals surface area contributed by atoms with Crippen LogP contribution in [-0.4, -0.2) is 51.5 Å². The second-order valence-electron chi connectivity index (χ2n) is 4.90. The zero-order valence-corrected chi connectivity index (χ0v) is 14.4. The smallest absolute Gasteiger partial charge is 0.405 e. The van der Waals surface area contributed by atoms with Gasteiger partial charge in [-0.2, -0.15) is 13.2 Å². The maximum Gasteiger partial charge on any atom is 0.405 e. The zero-order valence-electron chi connectivity index (χ0n) is 14.4. The van der Waals surface area contributed by atoms with E-state index in [0.29, 0.717) is 5.56 Å². The number of amides is 3. The molecule has 0 saturated heterocycles. The monoisotopic (exact) mass is 390 g/mol. The molecular formula is C16H17F3N2O6. The molecule has 0 radical (unpaired) electrons. The first-order chi connectivity index (χ1) is 12.6. The fourth-order valence-corrected chi connectivity index (χ4v) is 1.67. The van der Waals surface area contributed by atoms with Gasteiger partial charge in [-0.25, -0.2) is 9.59 Å². The lowest BCUT2D eigenvalue weighted by atomic mass is 10.2. The molecule has 0 unspecified atom stereocenters. The van der Waals surface area contributed by atoms with Gasteiger partial charge >= 0.3 is 18.2 Å². The van der Waals surface area contributed by atoms with E-state index in [2.05, 4.69) is 4.74 Å². The number of carbonyl (C=O) groups excluding carboxylic acids is 3. The molecule has 1 rings (SSSR count). The summed E-state index contributed by atoms with van der Waals surface area (Å²) in [5.41, 5.74) is 0.584. The van der Waals surface area contributed by atoms with Crippen molar-refractivity contribution in [3.63, 3.8) is 0 Å². The van der Waals surface area contributed by atoms with E-state index in [-0.39, 0.29) is 11.5 Å². The average Bonchev–Trinajstić information content (AvgIpc) is 2.62. The maximum atomic E-state index is 12.0. The van der Waals surface area contributed by atoms with Crippen LogP contribution >= 0.6 is 0 Å². The topological polar surface area (TPSA) is 103 Å². The summed E-state index contributed by atoms with van der Waals surface area (Å²) in [6, 6.07) is 3.23. The molecule has 0 aliphatic heterocycles. The van der Waals surface area contributed by atoms with E-state index in [1.807, 2.05) is 0 Å². The molecule has 0 fully saturated rings. The lowest BCUT2D eigenvalue weighted by molar-refractivity contribution is -0.134. The summed E-state index contributed by atoms with van der Waals surface area (Å²) in [7, 11) is 2.58. The van der Waals surface area contributed by atoms with E-state index < -0.39 is 37.2 Å². The minimum absolute atomic E-state index is 0.151. The predicted molar refractivity (Wildman–Crippen MR) is 87.1 cm³/mol. The molecule has 0 saturated carbocycles. The second kappa shape index (κ2) is 10.0. The van der Waals surface area contributed by atoms with Crippen molar-refractivity contribution in [2.75, 3.05) is 27.4 Å². The number of imide groups is 1. The molecule has 1 aromatic rings. The lowest BCUT2D eigenvalue weighted by Gasteiger charge is -2.12. The van der Waals surface area contributed by atoms with Crippen LogP contribution in [0.4, 0.5) is 18.0 Å². The van der Waals surface area contributed by atoms with Gasteiger partial charge in [0, 0.05) is 6.08 Å². The van der Waals surface area contributed by atoms with Gasteiger partial charge in [-0.05, 0) is 23.8 Å². The number of methoxy groups -OCH3 is 2. The quantitative estimate of drug-likeness (QED) is 0.542. The number of carbonyl (C=O) groups is 3. The highest BCUT2D eigenvalue weighted by Gasteiger charge is 2.28. The molecule has 0 aliphatic rings. The van der Waals surface area contributed by atoms with E-state index in [4.69, 9.17) is 9.47 Å². The Kier molecular flexibility index (Phi) is 8.11. The standard InChI is InChI=1S/C16H17F3N2O6/c1-25-12-7-10(4-6-14(23)26-2)3-5-11(12)27-8-13(22)21-15(24)20-9-16(17,18)19/h3-7H,8-9H2,1-2H3,(H2,20,21,22,24)/b6-4+. The fourth-order valence-electron chi connectivity index (χ4n) is 1.67. The minimum Gasteiger partial charge on any atom is -0.493 e. The Morgan fingerprint density at radius 3 is 2.44 bits per heavy atom. The number of hydrogen-bond donors (Lipinski definition) is 2. The third kappa shape index (κ3) is 8.61. The number of esters is 1. The molecular weight excluding hydrogens is 373 g/mol. The third-order valence-electron chi connectivity index (χ3n) is 2.86. The molecule has 0 spiro atoms. The highest BCUT2D eigenvalue weighted by molar-refractivity contribution is 5.95.